The molecule has 148 valence electrons. The average Bonchev–Trinajstić information content (AvgIpc) is 3.05. The number of aliphatic hydroxyl groups excluding tert-OH is 1. The molecule has 1 aromatic rings. The van der Waals surface area contributed by atoms with Gasteiger partial charge in [0.2, 0.25) is 11.8 Å². The van der Waals surface area contributed by atoms with Crippen LogP contribution in [0, 0.1) is 12.7 Å². The number of halogens is 1. The molecule has 27 heavy (non-hydrogen) atoms. The van der Waals surface area contributed by atoms with Crippen LogP contribution in [-0.4, -0.2) is 71.0 Å². The molecule has 0 bridgehead atoms. The number of amides is 3. The van der Waals surface area contributed by atoms with Crippen molar-refractivity contribution in [2.45, 2.75) is 39.3 Å². The van der Waals surface area contributed by atoms with Crippen molar-refractivity contribution in [1.82, 2.24) is 15.1 Å². The molecule has 2 N–H and O–H groups in total. The minimum absolute atomic E-state index is 0.152. The molecule has 1 aliphatic heterocycles. The number of likely N-dealkylation sites (N-methyl/N-ethyl adjacent to an activating group) is 1. The SMILES string of the molecule is CCN(CC)C(=O)[C@@H]1C[C@@H](NC(=O)CO)CN1C(=O)c1ccc(F)cc1C. The van der Waals surface area contributed by atoms with Crippen molar-refractivity contribution in [3.63, 3.8) is 0 Å². The molecule has 0 unspecified atom stereocenters. The average molecular weight is 379 g/mol. The molecular formula is C19H26FN3O4. The zero-order valence-electron chi connectivity index (χ0n) is 15.9. The lowest BCUT2D eigenvalue weighted by Crippen LogP contribution is -2.47. The topological polar surface area (TPSA) is 89.9 Å². The number of aryl methyl sites for hydroxylation is 1. The summed E-state index contributed by atoms with van der Waals surface area (Å²) in [4.78, 5) is 40.6. The number of rotatable bonds is 6. The van der Waals surface area contributed by atoms with Crippen LogP contribution < -0.4 is 5.32 Å². The summed E-state index contributed by atoms with van der Waals surface area (Å²) >= 11 is 0. The number of carbonyl (C=O) groups excluding carboxylic acids is 3. The van der Waals surface area contributed by atoms with Crippen molar-refractivity contribution in [3.05, 3.63) is 35.1 Å². The summed E-state index contributed by atoms with van der Waals surface area (Å²) in [5.74, 6) is -1.55. The van der Waals surface area contributed by atoms with Gasteiger partial charge in [0.25, 0.3) is 5.91 Å². The van der Waals surface area contributed by atoms with Crippen molar-refractivity contribution >= 4 is 17.7 Å². The summed E-state index contributed by atoms with van der Waals surface area (Å²) in [6.45, 7) is 5.87. The molecule has 8 heteroatoms. The molecular weight excluding hydrogens is 353 g/mol. The molecule has 1 aliphatic rings. The van der Waals surface area contributed by atoms with Crippen LogP contribution in [0.5, 0.6) is 0 Å². The van der Waals surface area contributed by atoms with Gasteiger partial charge in [-0.2, -0.15) is 0 Å². The molecule has 2 rings (SSSR count). The maximum absolute atomic E-state index is 13.4. The van der Waals surface area contributed by atoms with E-state index in [4.69, 9.17) is 5.11 Å². The second kappa shape index (κ2) is 8.94. The maximum Gasteiger partial charge on any atom is 0.254 e. The Bertz CT molecular complexity index is 721. The Hall–Kier alpha value is -2.48. The van der Waals surface area contributed by atoms with Gasteiger partial charge in [-0.25, -0.2) is 4.39 Å². The van der Waals surface area contributed by atoms with Crippen LogP contribution in [0.2, 0.25) is 0 Å². The normalized spacial score (nSPS) is 19.1. The second-order valence-electron chi connectivity index (χ2n) is 6.60. The van der Waals surface area contributed by atoms with Crippen LogP contribution in [-0.2, 0) is 9.59 Å². The van der Waals surface area contributed by atoms with E-state index < -0.39 is 30.4 Å². The molecule has 2 atom stereocenters. The Morgan fingerprint density at radius 3 is 2.52 bits per heavy atom. The smallest absolute Gasteiger partial charge is 0.254 e. The number of likely N-dealkylation sites (tertiary alicyclic amines) is 1. The third kappa shape index (κ3) is 4.63. The molecule has 0 aliphatic carbocycles. The van der Waals surface area contributed by atoms with Crippen molar-refractivity contribution in [1.29, 1.82) is 0 Å². The quantitative estimate of drug-likeness (QED) is 0.761. The third-order valence-electron chi connectivity index (χ3n) is 4.85. The Balaban J connectivity index is 2.31. The standard InChI is InChI=1S/C19H26FN3O4/c1-4-22(5-2)19(27)16-9-14(21-17(25)11-24)10-23(16)18(26)15-7-6-13(20)8-12(15)3/h6-8,14,16,24H,4-5,9-11H2,1-3H3,(H,21,25)/t14-,16+/m1/s1. The molecule has 0 aromatic heterocycles. The fraction of sp³-hybridized carbons (Fsp3) is 0.526. The highest BCUT2D eigenvalue weighted by Gasteiger charge is 2.41. The first kappa shape index (κ1) is 20.8. The van der Waals surface area contributed by atoms with E-state index in [-0.39, 0.29) is 24.8 Å². The van der Waals surface area contributed by atoms with Crippen molar-refractivity contribution in [2.75, 3.05) is 26.2 Å². The van der Waals surface area contributed by atoms with Gasteiger partial charge in [-0.3, -0.25) is 14.4 Å². The number of hydrogen-bond acceptors (Lipinski definition) is 4. The van der Waals surface area contributed by atoms with E-state index in [9.17, 15) is 18.8 Å². The lowest BCUT2D eigenvalue weighted by molar-refractivity contribution is -0.135. The van der Waals surface area contributed by atoms with E-state index in [2.05, 4.69) is 5.32 Å². The molecule has 1 saturated heterocycles. The number of aliphatic hydroxyl groups is 1. The van der Waals surface area contributed by atoms with Gasteiger partial charge in [-0.15, -0.1) is 0 Å². The summed E-state index contributed by atoms with van der Waals surface area (Å²) in [6.07, 6.45) is 0.271. The van der Waals surface area contributed by atoms with Gasteiger partial charge in [-0.1, -0.05) is 0 Å². The van der Waals surface area contributed by atoms with E-state index >= 15 is 0 Å². The van der Waals surface area contributed by atoms with E-state index in [0.29, 0.717) is 24.2 Å². The van der Waals surface area contributed by atoms with Gasteiger partial charge < -0.3 is 20.2 Å². The minimum atomic E-state index is -0.717. The fourth-order valence-corrected chi connectivity index (χ4v) is 3.44. The summed E-state index contributed by atoms with van der Waals surface area (Å²) in [6, 6.07) is 2.74. The summed E-state index contributed by atoms with van der Waals surface area (Å²) in [5, 5.41) is 11.6. The predicted molar refractivity (Wildman–Crippen MR) is 97.5 cm³/mol. The van der Waals surface area contributed by atoms with Crippen LogP contribution in [0.15, 0.2) is 18.2 Å². The summed E-state index contributed by atoms with van der Waals surface area (Å²) in [5.41, 5.74) is 0.805. The summed E-state index contributed by atoms with van der Waals surface area (Å²) < 4.78 is 13.4. The third-order valence-corrected chi connectivity index (χ3v) is 4.85. The molecule has 0 spiro atoms. The highest BCUT2D eigenvalue weighted by Crippen LogP contribution is 2.24. The van der Waals surface area contributed by atoms with Gasteiger partial charge in [0.05, 0.1) is 0 Å². The van der Waals surface area contributed by atoms with Gasteiger partial charge in [0, 0.05) is 31.2 Å². The molecule has 0 saturated carbocycles. The molecule has 1 aromatic carbocycles. The van der Waals surface area contributed by atoms with Crippen LogP contribution in [0.4, 0.5) is 4.39 Å². The van der Waals surface area contributed by atoms with Crippen LogP contribution in [0.3, 0.4) is 0 Å². The zero-order valence-corrected chi connectivity index (χ0v) is 15.9. The van der Waals surface area contributed by atoms with Crippen molar-refractivity contribution in [3.8, 4) is 0 Å². The molecule has 1 fully saturated rings. The number of benzene rings is 1. The second-order valence-corrected chi connectivity index (χ2v) is 6.60. The molecule has 0 radical (unpaired) electrons. The zero-order chi connectivity index (χ0) is 20.1. The highest BCUT2D eigenvalue weighted by atomic mass is 19.1. The number of hydrogen-bond donors (Lipinski definition) is 2. The monoisotopic (exact) mass is 379 g/mol. The first-order chi connectivity index (χ1) is 12.8. The van der Waals surface area contributed by atoms with Crippen molar-refractivity contribution < 1.29 is 23.9 Å². The molecule has 1 heterocycles. The number of nitrogens with one attached hydrogen (secondary N) is 1. The van der Waals surface area contributed by atoms with Gasteiger partial charge in [-0.05, 0) is 51.0 Å². The minimum Gasteiger partial charge on any atom is -0.387 e. The van der Waals surface area contributed by atoms with Crippen molar-refractivity contribution in [2.24, 2.45) is 0 Å². The number of carbonyl (C=O) groups is 3. The van der Waals surface area contributed by atoms with E-state index in [1.807, 2.05) is 13.8 Å². The molecule has 7 nitrogen and oxygen atoms in total. The van der Waals surface area contributed by atoms with Crippen LogP contribution in [0.1, 0.15) is 36.2 Å². The lowest BCUT2D eigenvalue weighted by Gasteiger charge is -2.29. The van der Waals surface area contributed by atoms with E-state index in [0.717, 1.165) is 0 Å². The largest absolute Gasteiger partial charge is 0.387 e. The summed E-state index contributed by atoms with van der Waals surface area (Å²) in [7, 11) is 0. The van der Waals surface area contributed by atoms with Crippen LogP contribution in [0.25, 0.3) is 0 Å². The lowest BCUT2D eigenvalue weighted by atomic mass is 10.1. The van der Waals surface area contributed by atoms with Crippen LogP contribution >= 0.6 is 0 Å². The van der Waals surface area contributed by atoms with Gasteiger partial charge in [0.15, 0.2) is 0 Å². The Kier molecular flexibility index (Phi) is 6.90. The van der Waals surface area contributed by atoms with E-state index in [1.54, 1.807) is 11.8 Å². The molecule has 3 amide bonds. The maximum atomic E-state index is 13.4. The van der Waals surface area contributed by atoms with Gasteiger partial charge in [0.1, 0.15) is 18.5 Å². The fourth-order valence-electron chi connectivity index (χ4n) is 3.44. The Morgan fingerprint density at radius 2 is 1.96 bits per heavy atom. The highest BCUT2D eigenvalue weighted by molar-refractivity contribution is 5.99. The predicted octanol–water partition coefficient (Wildman–Crippen LogP) is 0.694. The Morgan fingerprint density at radius 1 is 1.30 bits per heavy atom. The van der Waals surface area contributed by atoms with E-state index in [1.165, 1.54) is 23.1 Å². The van der Waals surface area contributed by atoms with Gasteiger partial charge >= 0.3 is 0 Å². The first-order valence-corrected chi connectivity index (χ1v) is 9.08. The number of nitrogens with zero attached hydrogens (tertiary/aromatic N) is 2. The Labute approximate surface area is 158 Å². The first-order valence-electron chi connectivity index (χ1n) is 9.08.